The molecule has 1 N–H and O–H groups in total. The standard InChI is InChI=1S/C14H16ClN3O3/c15-11-6-5-10(18(20)21)8-13(11)17-7-1-2-12(14(17)19)16-9-3-4-9/h5-6,8-9,12,16H,1-4,7H2. The lowest BCUT2D eigenvalue weighted by Crippen LogP contribution is -2.51. The number of benzene rings is 1. The van der Waals surface area contributed by atoms with E-state index in [2.05, 4.69) is 5.32 Å². The Morgan fingerprint density at radius 2 is 2.10 bits per heavy atom. The summed E-state index contributed by atoms with van der Waals surface area (Å²) in [5.41, 5.74) is 0.373. The highest BCUT2D eigenvalue weighted by molar-refractivity contribution is 6.34. The quantitative estimate of drug-likeness (QED) is 0.685. The molecule has 1 atom stereocenters. The molecular weight excluding hydrogens is 294 g/mol. The van der Waals surface area contributed by atoms with Gasteiger partial charge in [0.15, 0.2) is 0 Å². The molecule has 112 valence electrons. The Labute approximate surface area is 127 Å². The van der Waals surface area contributed by atoms with Crippen molar-refractivity contribution in [1.82, 2.24) is 5.32 Å². The van der Waals surface area contributed by atoms with Gasteiger partial charge in [-0.05, 0) is 31.7 Å². The minimum absolute atomic E-state index is 0.0458. The van der Waals surface area contributed by atoms with Crippen LogP contribution in [-0.2, 0) is 4.79 Å². The second-order valence-electron chi connectivity index (χ2n) is 5.52. The van der Waals surface area contributed by atoms with E-state index in [9.17, 15) is 14.9 Å². The maximum absolute atomic E-state index is 12.6. The second-order valence-corrected chi connectivity index (χ2v) is 5.93. The van der Waals surface area contributed by atoms with Gasteiger partial charge in [-0.1, -0.05) is 11.6 Å². The zero-order chi connectivity index (χ0) is 15.0. The molecule has 0 bridgehead atoms. The fourth-order valence-corrected chi connectivity index (χ4v) is 2.84. The third kappa shape index (κ3) is 3.01. The van der Waals surface area contributed by atoms with Crippen LogP contribution in [0.3, 0.4) is 0 Å². The van der Waals surface area contributed by atoms with Gasteiger partial charge in [0, 0.05) is 24.7 Å². The number of nitrogens with one attached hydrogen (secondary N) is 1. The van der Waals surface area contributed by atoms with Crippen LogP contribution in [0, 0.1) is 10.1 Å². The number of nitrogens with zero attached hydrogens (tertiary/aromatic N) is 2. The minimum atomic E-state index is -0.478. The van der Waals surface area contributed by atoms with Crippen molar-refractivity contribution in [1.29, 1.82) is 0 Å². The van der Waals surface area contributed by atoms with E-state index in [1.165, 1.54) is 18.2 Å². The lowest BCUT2D eigenvalue weighted by atomic mass is 10.0. The number of non-ortho nitro benzene ring substituents is 1. The van der Waals surface area contributed by atoms with Gasteiger partial charge in [-0.25, -0.2) is 0 Å². The molecule has 3 rings (SSSR count). The Morgan fingerprint density at radius 3 is 2.76 bits per heavy atom. The van der Waals surface area contributed by atoms with E-state index in [1.54, 1.807) is 4.90 Å². The number of halogens is 1. The summed E-state index contributed by atoms with van der Waals surface area (Å²) in [7, 11) is 0. The number of hydrogen-bond donors (Lipinski definition) is 1. The summed E-state index contributed by atoms with van der Waals surface area (Å²) in [6.45, 7) is 0.544. The first-order chi connectivity index (χ1) is 10.1. The van der Waals surface area contributed by atoms with E-state index in [-0.39, 0.29) is 17.6 Å². The van der Waals surface area contributed by atoms with Gasteiger partial charge in [0.05, 0.1) is 21.7 Å². The number of carbonyl (C=O) groups excluding carboxylic acids is 1. The van der Waals surface area contributed by atoms with Crippen molar-refractivity contribution in [3.05, 3.63) is 33.3 Å². The van der Waals surface area contributed by atoms with E-state index in [0.717, 1.165) is 25.7 Å². The molecule has 6 nitrogen and oxygen atoms in total. The average molecular weight is 310 g/mol. The van der Waals surface area contributed by atoms with E-state index < -0.39 is 4.92 Å². The van der Waals surface area contributed by atoms with Gasteiger partial charge >= 0.3 is 0 Å². The molecule has 1 aliphatic heterocycles. The molecule has 1 saturated heterocycles. The maximum atomic E-state index is 12.6. The first-order valence-corrected chi connectivity index (χ1v) is 7.45. The number of nitro benzene ring substituents is 1. The molecule has 1 unspecified atom stereocenters. The number of rotatable bonds is 4. The Bertz CT molecular complexity index is 589. The summed E-state index contributed by atoms with van der Waals surface area (Å²) in [5, 5.41) is 14.6. The molecule has 21 heavy (non-hydrogen) atoms. The van der Waals surface area contributed by atoms with Gasteiger partial charge in [0.2, 0.25) is 5.91 Å². The van der Waals surface area contributed by atoms with E-state index in [1.807, 2.05) is 0 Å². The molecule has 7 heteroatoms. The van der Waals surface area contributed by atoms with E-state index >= 15 is 0 Å². The van der Waals surface area contributed by atoms with E-state index in [4.69, 9.17) is 11.6 Å². The number of hydrogen-bond acceptors (Lipinski definition) is 4. The molecule has 2 fully saturated rings. The third-order valence-electron chi connectivity index (χ3n) is 3.88. The van der Waals surface area contributed by atoms with Gasteiger partial charge in [0.1, 0.15) is 0 Å². The molecule has 1 heterocycles. The van der Waals surface area contributed by atoms with Crippen LogP contribution in [-0.4, -0.2) is 29.5 Å². The van der Waals surface area contributed by atoms with Crippen LogP contribution in [0.4, 0.5) is 11.4 Å². The Balaban J connectivity index is 1.85. The lowest BCUT2D eigenvalue weighted by Gasteiger charge is -2.33. The molecule has 1 amide bonds. The third-order valence-corrected chi connectivity index (χ3v) is 4.20. The first-order valence-electron chi connectivity index (χ1n) is 7.07. The number of anilines is 1. The molecule has 1 aliphatic carbocycles. The van der Waals surface area contributed by atoms with Gasteiger partial charge in [-0.2, -0.15) is 0 Å². The number of carbonyl (C=O) groups is 1. The smallest absolute Gasteiger partial charge is 0.271 e. The average Bonchev–Trinajstić information content (AvgIpc) is 3.26. The summed E-state index contributed by atoms with van der Waals surface area (Å²) >= 11 is 6.13. The number of amides is 1. The molecule has 2 aliphatic rings. The molecular formula is C14H16ClN3O3. The predicted molar refractivity (Wildman–Crippen MR) is 79.6 cm³/mol. The fraction of sp³-hybridized carbons (Fsp3) is 0.500. The minimum Gasteiger partial charge on any atom is -0.309 e. The monoisotopic (exact) mass is 309 g/mol. The number of nitro groups is 1. The van der Waals surface area contributed by atoms with Gasteiger partial charge in [-0.3, -0.25) is 14.9 Å². The van der Waals surface area contributed by atoms with Crippen molar-refractivity contribution >= 4 is 28.9 Å². The Morgan fingerprint density at radius 1 is 1.33 bits per heavy atom. The van der Waals surface area contributed by atoms with Crippen molar-refractivity contribution in [3.63, 3.8) is 0 Å². The van der Waals surface area contributed by atoms with Crippen LogP contribution < -0.4 is 10.2 Å². The Kier molecular flexibility index (Phi) is 3.82. The molecule has 0 radical (unpaired) electrons. The normalized spacial score (nSPS) is 22.4. The van der Waals surface area contributed by atoms with Crippen molar-refractivity contribution in [3.8, 4) is 0 Å². The summed E-state index contributed by atoms with van der Waals surface area (Å²) < 4.78 is 0. The fourth-order valence-electron chi connectivity index (χ4n) is 2.63. The lowest BCUT2D eigenvalue weighted by molar-refractivity contribution is -0.384. The molecule has 1 saturated carbocycles. The summed E-state index contributed by atoms with van der Waals surface area (Å²) in [5.74, 6) is -0.0458. The summed E-state index contributed by atoms with van der Waals surface area (Å²) in [6, 6.07) is 4.43. The molecule has 1 aromatic rings. The highest BCUT2D eigenvalue weighted by Crippen LogP contribution is 2.33. The highest BCUT2D eigenvalue weighted by atomic mass is 35.5. The van der Waals surface area contributed by atoms with Gasteiger partial charge < -0.3 is 10.2 Å². The molecule has 0 aromatic heterocycles. The zero-order valence-corrected chi connectivity index (χ0v) is 12.2. The maximum Gasteiger partial charge on any atom is 0.271 e. The largest absolute Gasteiger partial charge is 0.309 e. The van der Waals surface area contributed by atoms with Crippen LogP contribution in [0.25, 0.3) is 0 Å². The van der Waals surface area contributed by atoms with E-state index in [0.29, 0.717) is 23.3 Å². The summed E-state index contributed by atoms with van der Waals surface area (Å²) in [4.78, 5) is 24.5. The van der Waals surface area contributed by atoms with Crippen LogP contribution in [0.5, 0.6) is 0 Å². The van der Waals surface area contributed by atoms with Crippen LogP contribution in [0.1, 0.15) is 25.7 Å². The topological polar surface area (TPSA) is 75.5 Å². The van der Waals surface area contributed by atoms with Crippen LogP contribution in [0.15, 0.2) is 18.2 Å². The SMILES string of the molecule is O=C1C(NC2CC2)CCCN1c1cc([N+](=O)[O-])ccc1Cl. The highest BCUT2D eigenvalue weighted by Gasteiger charge is 2.34. The van der Waals surface area contributed by atoms with Gasteiger partial charge in [-0.15, -0.1) is 0 Å². The second kappa shape index (κ2) is 5.61. The van der Waals surface area contributed by atoms with Gasteiger partial charge in [0.25, 0.3) is 5.69 Å². The Hall–Kier alpha value is -1.66. The number of piperidine rings is 1. The molecule has 1 aromatic carbocycles. The van der Waals surface area contributed by atoms with Crippen LogP contribution in [0.2, 0.25) is 5.02 Å². The summed E-state index contributed by atoms with van der Waals surface area (Å²) in [6.07, 6.45) is 3.89. The van der Waals surface area contributed by atoms with Crippen molar-refractivity contribution < 1.29 is 9.72 Å². The molecule has 0 spiro atoms. The van der Waals surface area contributed by atoms with Crippen molar-refractivity contribution in [2.75, 3.05) is 11.4 Å². The van der Waals surface area contributed by atoms with Crippen molar-refractivity contribution in [2.24, 2.45) is 0 Å². The zero-order valence-electron chi connectivity index (χ0n) is 11.4. The van der Waals surface area contributed by atoms with Crippen LogP contribution >= 0.6 is 11.6 Å². The van der Waals surface area contributed by atoms with Crippen molar-refractivity contribution in [2.45, 2.75) is 37.8 Å². The predicted octanol–water partition coefficient (Wildman–Crippen LogP) is 2.50. The first kappa shape index (κ1) is 14.3.